The van der Waals surface area contributed by atoms with E-state index in [1.807, 2.05) is 40.6 Å². The van der Waals surface area contributed by atoms with Gasteiger partial charge in [-0.15, -0.1) is 11.3 Å². The summed E-state index contributed by atoms with van der Waals surface area (Å²) < 4.78 is 23.6. The van der Waals surface area contributed by atoms with Gasteiger partial charge in [-0.3, -0.25) is 4.79 Å². The van der Waals surface area contributed by atoms with Gasteiger partial charge in [-0.2, -0.15) is 15.2 Å². The van der Waals surface area contributed by atoms with Crippen molar-refractivity contribution in [1.29, 1.82) is 5.26 Å². The fourth-order valence-electron chi connectivity index (χ4n) is 5.94. The first-order valence-corrected chi connectivity index (χ1v) is 14.7. The first kappa shape index (κ1) is 27.1. The van der Waals surface area contributed by atoms with Crippen LogP contribution < -0.4 is 9.64 Å². The summed E-state index contributed by atoms with van der Waals surface area (Å²) in [5.74, 6) is -0.0947. The smallest absolute Gasteiger partial charge is 0.319 e. The van der Waals surface area contributed by atoms with Crippen LogP contribution in [0.25, 0.3) is 32.1 Å². The van der Waals surface area contributed by atoms with E-state index in [-0.39, 0.29) is 35.9 Å². The lowest BCUT2D eigenvalue weighted by atomic mass is 10.0. The van der Waals surface area contributed by atoms with E-state index in [0.717, 1.165) is 35.0 Å². The molecule has 2 aromatic carbocycles. The van der Waals surface area contributed by atoms with Crippen LogP contribution in [-0.2, 0) is 4.79 Å². The normalized spacial score (nSPS) is 19.5. The summed E-state index contributed by atoms with van der Waals surface area (Å²) in [6.45, 7) is 6.27. The summed E-state index contributed by atoms with van der Waals surface area (Å²) >= 11 is 1.58. The van der Waals surface area contributed by atoms with E-state index >= 15 is 4.39 Å². The molecule has 210 valence electrons. The molecule has 2 saturated heterocycles. The lowest BCUT2D eigenvalue weighted by Gasteiger charge is -2.41. The highest BCUT2D eigenvalue weighted by molar-refractivity contribution is 7.17. The summed E-state index contributed by atoms with van der Waals surface area (Å²) in [6.07, 6.45) is 3.57. The molecule has 4 heterocycles. The Morgan fingerprint density at radius 1 is 1.20 bits per heavy atom. The molecule has 2 fully saturated rings. The predicted molar refractivity (Wildman–Crippen MR) is 160 cm³/mol. The highest BCUT2D eigenvalue weighted by Gasteiger charge is 2.32. The molecule has 1 amide bonds. The molecule has 0 aliphatic carbocycles. The number of nitrogens with zero attached hydrogens (tertiary/aromatic N) is 6. The van der Waals surface area contributed by atoms with Crippen LogP contribution in [0.3, 0.4) is 0 Å². The minimum Gasteiger partial charge on any atom is -0.462 e. The number of hydrogen-bond donors (Lipinski definition) is 0. The topological polar surface area (TPSA) is 85.6 Å². The lowest BCUT2D eigenvalue weighted by molar-refractivity contribution is -0.128. The molecule has 10 heteroatoms. The second-order valence-corrected chi connectivity index (χ2v) is 11.5. The third kappa shape index (κ3) is 5.11. The van der Waals surface area contributed by atoms with E-state index in [2.05, 4.69) is 29.6 Å². The van der Waals surface area contributed by atoms with Crippen molar-refractivity contribution in [1.82, 2.24) is 19.8 Å². The van der Waals surface area contributed by atoms with E-state index in [9.17, 15) is 10.1 Å². The monoisotopic (exact) mass is 570 g/mol. The van der Waals surface area contributed by atoms with Gasteiger partial charge in [-0.05, 0) is 55.4 Å². The molecule has 0 N–H and O–H groups in total. The number of carbonyl (C=O) groups is 1. The molecule has 0 unspecified atom stereocenters. The number of likely N-dealkylation sites (N-methyl/N-ethyl adjacent to an activating group) is 1. The maximum Gasteiger partial charge on any atom is 0.319 e. The van der Waals surface area contributed by atoms with E-state index < -0.39 is 5.82 Å². The molecule has 0 saturated carbocycles. The van der Waals surface area contributed by atoms with Crippen LogP contribution in [0.15, 0.2) is 54.4 Å². The molecule has 2 atom stereocenters. The zero-order valence-corrected chi connectivity index (χ0v) is 23.7. The molecule has 6 rings (SSSR count). The molecular formula is C31H31FN6O2S. The number of rotatable bonds is 7. The summed E-state index contributed by atoms with van der Waals surface area (Å²) in [4.78, 5) is 27.8. The number of thiophene rings is 1. The van der Waals surface area contributed by atoms with Crippen molar-refractivity contribution < 1.29 is 13.9 Å². The minimum absolute atomic E-state index is 0.125. The van der Waals surface area contributed by atoms with Crippen LogP contribution >= 0.6 is 11.3 Å². The molecule has 8 nitrogen and oxygen atoms in total. The molecule has 0 bridgehead atoms. The third-order valence-corrected chi connectivity index (χ3v) is 9.14. The highest BCUT2D eigenvalue weighted by Crippen LogP contribution is 2.38. The van der Waals surface area contributed by atoms with E-state index in [1.165, 1.54) is 6.08 Å². The maximum absolute atomic E-state index is 16.5. The van der Waals surface area contributed by atoms with Gasteiger partial charge in [0.2, 0.25) is 5.91 Å². The average Bonchev–Trinajstić information content (AvgIpc) is 3.64. The van der Waals surface area contributed by atoms with Gasteiger partial charge in [0.15, 0.2) is 5.82 Å². The molecule has 2 aromatic heterocycles. The minimum atomic E-state index is -0.427. The molecule has 2 aliphatic rings. The Morgan fingerprint density at radius 2 is 2.07 bits per heavy atom. The van der Waals surface area contributed by atoms with Crippen LogP contribution in [0.1, 0.15) is 19.3 Å². The molecule has 0 spiro atoms. The van der Waals surface area contributed by atoms with Crippen LogP contribution in [-0.4, -0.2) is 77.6 Å². The standard InChI is InChI=1S/C31H31FN6O2S/c1-3-26(39)38-16-15-37(18-21(38)11-13-33)30-25-10-9-23(24-8-4-6-20-12-17-41-29(20)24)27(32)28(25)34-31(35-30)40-19-22-7-5-14-36(22)2/h3-4,6,8-10,12,17,21-22H,1,5,7,11,14-16,18-19H2,2H3/t21-,22-/m0/s1. The van der Waals surface area contributed by atoms with Crippen molar-refractivity contribution in [2.45, 2.75) is 31.3 Å². The predicted octanol–water partition coefficient (Wildman–Crippen LogP) is 5.24. The van der Waals surface area contributed by atoms with Gasteiger partial charge in [0.1, 0.15) is 17.9 Å². The van der Waals surface area contributed by atoms with Gasteiger partial charge in [-0.1, -0.05) is 30.8 Å². The molecule has 0 radical (unpaired) electrons. The quantitative estimate of drug-likeness (QED) is 0.281. The number of ether oxygens (including phenoxy) is 1. The number of amides is 1. The van der Waals surface area contributed by atoms with E-state index in [1.54, 1.807) is 22.3 Å². The number of nitriles is 1. The average molecular weight is 571 g/mol. The Labute approximate surface area is 242 Å². The van der Waals surface area contributed by atoms with Gasteiger partial charge in [-0.25, -0.2) is 4.39 Å². The zero-order chi connectivity index (χ0) is 28.5. The van der Waals surface area contributed by atoms with Gasteiger partial charge in [0.05, 0.1) is 18.5 Å². The lowest BCUT2D eigenvalue weighted by Crippen LogP contribution is -2.55. The second-order valence-electron chi connectivity index (χ2n) is 10.6. The number of halogens is 1. The maximum atomic E-state index is 16.5. The Morgan fingerprint density at radius 3 is 2.85 bits per heavy atom. The number of anilines is 1. The van der Waals surface area contributed by atoms with Crippen molar-refractivity contribution in [2.24, 2.45) is 0 Å². The van der Waals surface area contributed by atoms with Crippen molar-refractivity contribution in [3.8, 4) is 23.2 Å². The van der Waals surface area contributed by atoms with Crippen LogP contribution in [0.4, 0.5) is 10.2 Å². The molecule has 41 heavy (non-hydrogen) atoms. The van der Waals surface area contributed by atoms with Gasteiger partial charge >= 0.3 is 6.01 Å². The van der Waals surface area contributed by atoms with E-state index in [4.69, 9.17) is 9.72 Å². The van der Waals surface area contributed by atoms with Gasteiger partial charge in [0, 0.05) is 46.9 Å². The first-order valence-electron chi connectivity index (χ1n) is 13.8. The first-order chi connectivity index (χ1) is 20.0. The fourth-order valence-corrected chi connectivity index (χ4v) is 6.87. The van der Waals surface area contributed by atoms with Crippen molar-refractivity contribution in [3.05, 3.63) is 60.3 Å². The number of piperazine rings is 1. The molecule has 2 aliphatic heterocycles. The SMILES string of the molecule is C=CC(=O)N1CCN(c2nc(OC[C@@H]3CCCN3C)nc3c(F)c(-c4cccc5ccsc45)ccc23)C[C@@H]1CC#N. The number of likely N-dealkylation sites (tertiary alicyclic amines) is 1. The van der Waals surface area contributed by atoms with Gasteiger partial charge in [0.25, 0.3) is 0 Å². The van der Waals surface area contributed by atoms with Crippen molar-refractivity contribution >= 4 is 44.1 Å². The summed E-state index contributed by atoms with van der Waals surface area (Å²) in [6, 6.07) is 13.8. The summed E-state index contributed by atoms with van der Waals surface area (Å²) in [5.41, 5.74) is 1.48. The summed E-state index contributed by atoms with van der Waals surface area (Å²) in [5, 5.41) is 13.1. The fraction of sp³-hybridized carbons (Fsp3) is 0.355. The Balaban J connectivity index is 1.43. The Hall–Kier alpha value is -4.07. The Kier molecular flexibility index (Phi) is 7.56. The molecule has 4 aromatic rings. The zero-order valence-electron chi connectivity index (χ0n) is 22.9. The Bertz CT molecular complexity index is 1670. The number of benzene rings is 2. The van der Waals surface area contributed by atoms with Gasteiger partial charge < -0.3 is 19.4 Å². The number of aromatic nitrogens is 2. The van der Waals surface area contributed by atoms with Crippen LogP contribution in [0, 0.1) is 17.1 Å². The largest absolute Gasteiger partial charge is 0.462 e. The van der Waals surface area contributed by atoms with Crippen molar-refractivity contribution in [2.75, 3.05) is 44.7 Å². The van der Waals surface area contributed by atoms with Crippen LogP contribution in [0.2, 0.25) is 0 Å². The van der Waals surface area contributed by atoms with Crippen molar-refractivity contribution in [3.63, 3.8) is 0 Å². The number of carbonyl (C=O) groups excluding carboxylic acids is 1. The third-order valence-electron chi connectivity index (χ3n) is 8.18. The highest BCUT2D eigenvalue weighted by atomic mass is 32.1. The number of fused-ring (bicyclic) bond motifs is 2. The van der Waals surface area contributed by atoms with E-state index in [0.29, 0.717) is 43.0 Å². The number of hydrogen-bond acceptors (Lipinski definition) is 8. The summed E-state index contributed by atoms with van der Waals surface area (Å²) in [7, 11) is 2.07. The second kappa shape index (κ2) is 11.4. The molecular weight excluding hydrogens is 539 g/mol. The van der Waals surface area contributed by atoms with Crippen LogP contribution in [0.5, 0.6) is 6.01 Å².